The van der Waals surface area contributed by atoms with Crippen LogP contribution in [0.4, 0.5) is 0 Å². The quantitative estimate of drug-likeness (QED) is 0.572. The Morgan fingerprint density at radius 3 is 2.86 bits per heavy atom. The van der Waals surface area contributed by atoms with E-state index in [1.807, 2.05) is 18.3 Å². The first-order chi connectivity index (χ1) is 17.0. The first-order valence-electron chi connectivity index (χ1n) is 13.6. The second-order valence-electron chi connectivity index (χ2n) is 12.2. The fraction of sp³-hybridized carbons (Fsp3) is 0.643. The predicted octanol–water partition coefficient (Wildman–Crippen LogP) is 4.82. The lowest BCUT2D eigenvalue weighted by Crippen LogP contribution is -2.54. The van der Waals surface area contributed by atoms with Gasteiger partial charge in [0.25, 0.3) is 0 Å². The molecule has 0 spiro atoms. The van der Waals surface area contributed by atoms with Crippen molar-refractivity contribution in [3.8, 4) is 0 Å². The van der Waals surface area contributed by atoms with E-state index in [1.165, 1.54) is 44.3 Å². The third-order valence-electron chi connectivity index (χ3n) is 10.8. The molecule has 1 aliphatic heterocycles. The summed E-state index contributed by atoms with van der Waals surface area (Å²) in [5.74, 6) is 4.55. The number of fused-ring (bicyclic) bond motifs is 8. The summed E-state index contributed by atoms with van der Waals surface area (Å²) in [6.45, 7) is 5.44. The minimum Gasteiger partial charge on any atom is -0.349 e. The van der Waals surface area contributed by atoms with Gasteiger partial charge in [-0.15, -0.1) is 0 Å². The van der Waals surface area contributed by atoms with Crippen molar-refractivity contribution >= 4 is 17.1 Å². The van der Waals surface area contributed by atoms with Crippen LogP contribution in [0, 0.1) is 34.5 Å². The molecular formula is C28H36N6O. The number of carbonyl (C=O) groups is 1. The van der Waals surface area contributed by atoms with Crippen molar-refractivity contribution in [1.82, 2.24) is 29.8 Å². The first-order valence-corrected chi connectivity index (χ1v) is 13.6. The Bertz CT molecular complexity index is 1250. The number of rotatable bonds is 3. The van der Waals surface area contributed by atoms with Gasteiger partial charge in [-0.2, -0.15) is 0 Å². The summed E-state index contributed by atoms with van der Waals surface area (Å²) in [5.41, 5.74) is 2.09. The van der Waals surface area contributed by atoms with Gasteiger partial charge in [-0.25, -0.2) is 15.0 Å². The molecule has 0 bridgehead atoms. The van der Waals surface area contributed by atoms with Crippen LogP contribution in [0.2, 0.25) is 0 Å². The highest BCUT2D eigenvalue weighted by atomic mass is 16.1. The summed E-state index contributed by atoms with van der Waals surface area (Å²) in [6, 6.07) is 4.46. The van der Waals surface area contributed by atoms with Crippen LogP contribution in [-0.4, -0.2) is 30.4 Å². The molecule has 3 saturated carbocycles. The van der Waals surface area contributed by atoms with Crippen molar-refractivity contribution in [3.05, 3.63) is 42.4 Å². The van der Waals surface area contributed by atoms with E-state index in [-0.39, 0.29) is 17.2 Å². The number of hydrogen-bond acceptors (Lipinski definition) is 4. The molecule has 4 heterocycles. The summed E-state index contributed by atoms with van der Waals surface area (Å²) in [6.07, 6.45) is 15.5. The number of aryl methyl sites for hydroxylation is 1. The van der Waals surface area contributed by atoms with E-state index in [2.05, 4.69) is 49.9 Å². The summed E-state index contributed by atoms with van der Waals surface area (Å²) in [4.78, 5) is 30.2. The fourth-order valence-electron chi connectivity index (χ4n) is 9.15. The van der Waals surface area contributed by atoms with Crippen molar-refractivity contribution in [2.24, 2.45) is 34.5 Å². The van der Waals surface area contributed by atoms with Crippen LogP contribution in [0.3, 0.4) is 0 Å². The summed E-state index contributed by atoms with van der Waals surface area (Å²) < 4.78 is 2.51. The molecule has 3 aliphatic carbocycles. The van der Waals surface area contributed by atoms with Gasteiger partial charge in [-0.05, 0) is 85.7 Å². The lowest BCUT2D eigenvalue weighted by Gasteiger charge is -2.60. The number of nitrogens with one attached hydrogen (secondary N) is 2. The molecule has 2 N–H and O–H groups in total. The lowest BCUT2D eigenvalue weighted by molar-refractivity contribution is -0.135. The summed E-state index contributed by atoms with van der Waals surface area (Å²) in [7, 11) is 0. The third-order valence-corrected chi connectivity index (χ3v) is 10.8. The molecule has 1 unspecified atom stereocenters. The maximum atomic E-state index is 13.5. The van der Waals surface area contributed by atoms with E-state index in [0.717, 1.165) is 36.0 Å². The monoisotopic (exact) mass is 472 g/mol. The predicted molar refractivity (Wildman–Crippen MR) is 133 cm³/mol. The number of carbonyl (C=O) groups excluding carboxylic acids is 1. The van der Waals surface area contributed by atoms with E-state index in [4.69, 9.17) is 0 Å². The zero-order valence-corrected chi connectivity index (χ0v) is 20.8. The molecule has 0 saturated heterocycles. The number of aromatic nitrogens is 5. The van der Waals surface area contributed by atoms with Gasteiger partial charge in [0.05, 0.1) is 12.1 Å². The van der Waals surface area contributed by atoms with Crippen molar-refractivity contribution in [2.45, 2.75) is 77.8 Å². The van der Waals surface area contributed by atoms with Crippen LogP contribution in [0.25, 0.3) is 11.2 Å². The topological polar surface area (TPSA) is 88.5 Å². The van der Waals surface area contributed by atoms with Crippen LogP contribution in [0.15, 0.2) is 30.7 Å². The van der Waals surface area contributed by atoms with Gasteiger partial charge in [0.1, 0.15) is 11.6 Å². The Labute approximate surface area is 206 Å². The molecule has 3 aromatic heterocycles. The highest BCUT2D eigenvalue weighted by Gasteiger charge is 2.61. The molecule has 3 fully saturated rings. The van der Waals surface area contributed by atoms with E-state index in [1.54, 1.807) is 6.20 Å². The molecule has 184 valence electrons. The average Bonchev–Trinajstić information content (AvgIpc) is 3.58. The molecule has 0 radical (unpaired) electrons. The average molecular weight is 473 g/mol. The number of imidazole rings is 2. The van der Waals surface area contributed by atoms with Crippen molar-refractivity contribution in [1.29, 1.82) is 0 Å². The normalized spacial score (nSPS) is 37.8. The van der Waals surface area contributed by atoms with Crippen LogP contribution >= 0.6 is 0 Å². The van der Waals surface area contributed by atoms with Gasteiger partial charge >= 0.3 is 0 Å². The van der Waals surface area contributed by atoms with E-state index in [9.17, 15) is 4.79 Å². The van der Waals surface area contributed by atoms with E-state index >= 15 is 0 Å². The van der Waals surface area contributed by atoms with Gasteiger partial charge in [-0.3, -0.25) is 4.79 Å². The highest BCUT2D eigenvalue weighted by molar-refractivity contribution is 5.80. The second-order valence-corrected chi connectivity index (χ2v) is 12.2. The standard InChI is InChI=1S/C28H36N6O/c1-27-11-9-19-17(5-8-22-28(19,2)12-10-24-29-14-15-34(22)24)18(27)6-7-20(27)26(35)31-16-23-32-21-4-3-13-30-25(21)33-23/h3-4,13-15,17-20,22H,5-12,16H2,1-2H3,(H,31,35)(H,30,32,33)/t17-,18-,19-,20+,22?,27-,28+/m0/s1. The van der Waals surface area contributed by atoms with Crippen LogP contribution in [-0.2, 0) is 17.8 Å². The van der Waals surface area contributed by atoms with E-state index < -0.39 is 0 Å². The second kappa shape index (κ2) is 7.65. The zero-order valence-electron chi connectivity index (χ0n) is 20.8. The van der Waals surface area contributed by atoms with Crippen molar-refractivity contribution < 1.29 is 4.79 Å². The Hall–Kier alpha value is -2.70. The molecule has 7 nitrogen and oxygen atoms in total. The lowest BCUT2D eigenvalue weighted by atomic mass is 9.47. The maximum absolute atomic E-state index is 13.5. The number of hydrogen-bond donors (Lipinski definition) is 2. The Balaban J connectivity index is 1.08. The number of pyridine rings is 1. The summed E-state index contributed by atoms with van der Waals surface area (Å²) in [5, 5.41) is 3.22. The number of H-pyrrole nitrogens is 1. The first kappa shape index (κ1) is 21.6. The van der Waals surface area contributed by atoms with Crippen molar-refractivity contribution in [2.75, 3.05) is 0 Å². The van der Waals surface area contributed by atoms with Crippen molar-refractivity contribution in [3.63, 3.8) is 0 Å². The van der Waals surface area contributed by atoms with Crippen LogP contribution in [0.1, 0.15) is 76.5 Å². The van der Waals surface area contributed by atoms with Crippen LogP contribution < -0.4 is 5.32 Å². The Morgan fingerprint density at radius 2 is 1.97 bits per heavy atom. The Kier molecular flexibility index (Phi) is 4.71. The molecule has 7 heteroatoms. The smallest absolute Gasteiger partial charge is 0.224 e. The molecule has 3 aromatic rings. The van der Waals surface area contributed by atoms with Gasteiger partial charge in [0, 0.05) is 37.0 Å². The minimum absolute atomic E-state index is 0.105. The molecular weight excluding hydrogens is 436 g/mol. The fourth-order valence-corrected chi connectivity index (χ4v) is 9.15. The number of aromatic amines is 1. The molecule has 35 heavy (non-hydrogen) atoms. The van der Waals surface area contributed by atoms with Crippen LogP contribution in [0.5, 0.6) is 0 Å². The van der Waals surface area contributed by atoms with E-state index in [0.29, 0.717) is 29.6 Å². The number of nitrogens with zero attached hydrogens (tertiary/aromatic N) is 4. The summed E-state index contributed by atoms with van der Waals surface area (Å²) >= 11 is 0. The zero-order chi connectivity index (χ0) is 23.8. The molecule has 7 atom stereocenters. The van der Waals surface area contributed by atoms with Gasteiger partial charge in [-0.1, -0.05) is 13.8 Å². The molecule has 0 aromatic carbocycles. The third kappa shape index (κ3) is 3.09. The SMILES string of the molecule is C[C@]12CC[C@H]3[C@@H](CCC4n5ccnc5CC[C@@]43C)[C@@H]1CC[C@@H]2C(=O)NCc1nc2ncccc2[nH]1. The largest absolute Gasteiger partial charge is 0.349 e. The number of amides is 1. The van der Waals surface area contributed by atoms with Gasteiger partial charge < -0.3 is 14.9 Å². The molecule has 1 amide bonds. The maximum Gasteiger partial charge on any atom is 0.224 e. The van der Waals surface area contributed by atoms with Gasteiger partial charge in [0.15, 0.2) is 5.65 Å². The molecule has 4 aliphatic rings. The highest BCUT2D eigenvalue weighted by Crippen LogP contribution is 2.67. The minimum atomic E-state index is 0.105. The molecule has 7 rings (SSSR count). The Morgan fingerprint density at radius 1 is 1.09 bits per heavy atom. The van der Waals surface area contributed by atoms with Gasteiger partial charge in [0.2, 0.25) is 5.91 Å².